The molecule has 0 radical (unpaired) electrons. The maximum absolute atomic E-state index is 12.0. The molecule has 3 rings (SSSR count). The molecule has 0 saturated carbocycles. The Morgan fingerprint density at radius 1 is 1.41 bits per heavy atom. The molecule has 0 aliphatic carbocycles. The lowest BCUT2D eigenvalue weighted by molar-refractivity contribution is -0.124. The highest BCUT2D eigenvalue weighted by molar-refractivity contribution is 7.18. The third kappa shape index (κ3) is 3.28. The average Bonchev–Trinajstić information content (AvgIpc) is 3.19. The van der Waals surface area contributed by atoms with Crippen LogP contribution in [0.15, 0.2) is 30.6 Å². The maximum Gasteiger partial charge on any atom is 0.244 e. The van der Waals surface area contributed by atoms with Crippen LogP contribution in [0.3, 0.4) is 0 Å². The van der Waals surface area contributed by atoms with Crippen molar-refractivity contribution in [3.05, 3.63) is 35.6 Å². The van der Waals surface area contributed by atoms with Gasteiger partial charge in [-0.25, -0.2) is 9.67 Å². The summed E-state index contributed by atoms with van der Waals surface area (Å²) in [5.74, 6) is -0.0865. The fourth-order valence-electron chi connectivity index (χ4n) is 2.09. The van der Waals surface area contributed by atoms with E-state index in [0.29, 0.717) is 6.54 Å². The lowest BCUT2D eigenvalue weighted by Gasteiger charge is -2.10. The van der Waals surface area contributed by atoms with Gasteiger partial charge in [0.15, 0.2) is 0 Å². The molecule has 0 bridgehead atoms. The highest BCUT2D eigenvalue weighted by atomic mass is 32.1. The summed E-state index contributed by atoms with van der Waals surface area (Å²) in [5, 5.41) is 14.8. The van der Waals surface area contributed by atoms with Crippen LogP contribution in [0.1, 0.15) is 24.4 Å². The van der Waals surface area contributed by atoms with Gasteiger partial charge in [-0.3, -0.25) is 4.79 Å². The minimum Gasteiger partial charge on any atom is -0.354 e. The Morgan fingerprint density at radius 3 is 3.05 bits per heavy atom. The number of nitrogens with one attached hydrogen (secondary N) is 1. The first-order chi connectivity index (χ1) is 10.7. The van der Waals surface area contributed by atoms with Crippen molar-refractivity contribution in [2.24, 2.45) is 0 Å². The van der Waals surface area contributed by atoms with Gasteiger partial charge in [0.1, 0.15) is 12.4 Å². The van der Waals surface area contributed by atoms with E-state index in [0.717, 1.165) is 23.4 Å². The summed E-state index contributed by atoms with van der Waals surface area (Å²) in [5.41, 5.74) is 1.04. The molecular formula is C14H16N6OS. The number of carbonyl (C=O) groups excluding carboxylic acids is 1. The van der Waals surface area contributed by atoms with Crippen LogP contribution < -0.4 is 5.32 Å². The third-order valence-corrected chi connectivity index (χ3v) is 4.44. The van der Waals surface area contributed by atoms with E-state index < -0.39 is 6.04 Å². The predicted molar refractivity (Wildman–Crippen MR) is 83.5 cm³/mol. The van der Waals surface area contributed by atoms with E-state index in [1.54, 1.807) is 18.3 Å². The van der Waals surface area contributed by atoms with E-state index in [9.17, 15) is 4.79 Å². The van der Waals surface area contributed by atoms with Crippen molar-refractivity contribution < 1.29 is 4.79 Å². The van der Waals surface area contributed by atoms with Gasteiger partial charge in [0.2, 0.25) is 5.91 Å². The molecule has 7 nitrogen and oxygen atoms in total. The standard InChI is InChI=1S/C14H16N6OS/c1-10(20-9-16-18-19-20)14(21)15-8-4-7-13-17-11-5-2-3-6-12(11)22-13/h2-3,5-6,9-10H,4,7-8H2,1H3,(H,15,21). The third-order valence-electron chi connectivity index (χ3n) is 3.35. The van der Waals surface area contributed by atoms with Gasteiger partial charge < -0.3 is 5.32 Å². The molecule has 0 saturated heterocycles. The highest BCUT2D eigenvalue weighted by Crippen LogP contribution is 2.22. The van der Waals surface area contributed by atoms with Crippen molar-refractivity contribution >= 4 is 27.5 Å². The van der Waals surface area contributed by atoms with Crippen LogP contribution in [0, 0.1) is 0 Å². The van der Waals surface area contributed by atoms with Crippen molar-refractivity contribution in [2.45, 2.75) is 25.8 Å². The van der Waals surface area contributed by atoms with Gasteiger partial charge in [0, 0.05) is 13.0 Å². The number of nitrogens with zero attached hydrogens (tertiary/aromatic N) is 5. The van der Waals surface area contributed by atoms with Crippen LogP contribution in [-0.2, 0) is 11.2 Å². The summed E-state index contributed by atoms with van der Waals surface area (Å²) in [4.78, 5) is 16.5. The topological polar surface area (TPSA) is 85.6 Å². The molecule has 2 aromatic heterocycles. The van der Waals surface area contributed by atoms with Gasteiger partial charge in [0.05, 0.1) is 15.2 Å². The number of rotatable bonds is 6. The fraction of sp³-hybridized carbons (Fsp3) is 0.357. The summed E-state index contributed by atoms with van der Waals surface area (Å²) < 4.78 is 2.64. The molecule has 0 spiro atoms. The Kier molecular flexibility index (Phi) is 4.38. The largest absolute Gasteiger partial charge is 0.354 e. The molecule has 1 atom stereocenters. The van der Waals surface area contributed by atoms with Crippen LogP contribution in [-0.4, -0.2) is 37.6 Å². The number of hydrogen-bond donors (Lipinski definition) is 1. The van der Waals surface area contributed by atoms with Crippen LogP contribution >= 0.6 is 11.3 Å². The van der Waals surface area contributed by atoms with Crippen molar-refractivity contribution in [1.82, 2.24) is 30.5 Å². The predicted octanol–water partition coefficient (Wildman–Crippen LogP) is 1.59. The normalized spacial score (nSPS) is 12.4. The van der Waals surface area contributed by atoms with Gasteiger partial charge in [-0.2, -0.15) is 0 Å². The molecule has 1 N–H and O–H groups in total. The average molecular weight is 316 g/mol. The first-order valence-corrected chi connectivity index (χ1v) is 7.90. The van der Waals surface area contributed by atoms with Crippen LogP contribution in [0.2, 0.25) is 0 Å². The number of benzene rings is 1. The van der Waals surface area contributed by atoms with Crippen molar-refractivity contribution in [3.63, 3.8) is 0 Å². The summed E-state index contributed by atoms with van der Waals surface area (Å²) in [6.45, 7) is 2.38. The van der Waals surface area contributed by atoms with Gasteiger partial charge in [-0.1, -0.05) is 12.1 Å². The Morgan fingerprint density at radius 2 is 2.27 bits per heavy atom. The van der Waals surface area contributed by atoms with Crippen molar-refractivity contribution in [3.8, 4) is 0 Å². The number of hydrogen-bond acceptors (Lipinski definition) is 6. The van der Waals surface area contributed by atoms with E-state index in [-0.39, 0.29) is 5.91 Å². The Hall–Kier alpha value is -2.35. The zero-order valence-corrected chi connectivity index (χ0v) is 13.0. The number of tetrazole rings is 1. The van der Waals surface area contributed by atoms with Gasteiger partial charge in [-0.05, 0) is 35.9 Å². The second kappa shape index (κ2) is 6.61. The lowest BCUT2D eigenvalue weighted by atomic mass is 10.3. The van der Waals surface area contributed by atoms with E-state index in [2.05, 4.69) is 31.9 Å². The second-order valence-electron chi connectivity index (χ2n) is 4.94. The van der Waals surface area contributed by atoms with Crippen LogP contribution in [0.4, 0.5) is 0 Å². The second-order valence-corrected chi connectivity index (χ2v) is 6.05. The fourth-order valence-corrected chi connectivity index (χ4v) is 3.10. The molecule has 8 heteroatoms. The number of fused-ring (bicyclic) bond motifs is 1. The maximum atomic E-state index is 12.0. The monoisotopic (exact) mass is 316 g/mol. The van der Waals surface area contributed by atoms with Gasteiger partial charge in [-0.15, -0.1) is 16.4 Å². The number of aromatic nitrogens is 5. The highest BCUT2D eigenvalue weighted by Gasteiger charge is 2.15. The first-order valence-electron chi connectivity index (χ1n) is 7.08. The number of para-hydroxylation sites is 1. The first kappa shape index (κ1) is 14.6. The van der Waals surface area contributed by atoms with Gasteiger partial charge in [0.25, 0.3) is 0 Å². The van der Waals surface area contributed by atoms with Crippen molar-refractivity contribution in [1.29, 1.82) is 0 Å². The van der Waals surface area contributed by atoms with E-state index in [4.69, 9.17) is 0 Å². The molecule has 0 aliphatic heterocycles. The van der Waals surface area contributed by atoms with Crippen LogP contribution in [0.5, 0.6) is 0 Å². The van der Waals surface area contributed by atoms with Gasteiger partial charge >= 0.3 is 0 Å². The smallest absolute Gasteiger partial charge is 0.244 e. The molecule has 114 valence electrons. The number of thiazole rings is 1. The minimum absolute atomic E-state index is 0.0865. The van der Waals surface area contributed by atoms with Crippen LogP contribution in [0.25, 0.3) is 10.2 Å². The molecule has 3 aromatic rings. The van der Waals surface area contributed by atoms with E-state index >= 15 is 0 Å². The van der Waals surface area contributed by atoms with E-state index in [1.165, 1.54) is 15.7 Å². The molecule has 1 aromatic carbocycles. The minimum atomic E-state index is -0.405. The summed E-state index contributed by atoms with van der Waals surface area (Å²) in [6.07, 6.45) is 3.15. The summed E-state index contributed by atoms with van der Waals surface area (Å²) >= 11 is 1.71. The summed E-state index contributed by atoms with van der Waals surface area (Å²) in [6, 6.07) is 7.70. The molecule has 2 heterocycles. The quantitative estimate of drug-likeness (QED) is 0.698. The number of aryl methyl sites for hydroxylation is 1. The number of amides is 1. The van der Waals surface area contributed by atoms with E-state index in [1.807, 2.05) is 18.2 Å². The summed E-state index contributed by atoms with van der Waals surface area (Å²) in [7, 11) is 0. The SMILES string of the molecule is CC(C(=O)NCCCc1nc2ccccc2s1)n1cnnn1. The zero-order chi connectivity index (χ0) is 15.4. The molecule has 1 unspecified atom stereocenters. The molecule has 0 aliphatic rings. The molecule has 0 fully saturated rings. The Balaban J connectivity index is 1.46. The lowest BCUT2D eigenvalue weighted by Crippen LogP contribution is -2.32. The molecular weight excluding hydrogens is 300 g/mol. The Labute approximate surface area is 131 Å². The zero-order valence-electron chi connectivity index (χ0n) is 12.1. The van der Waals surface area contributed by atoms with Crippen molar-refractivity contribution in [2.75, 3.05) is 6.54 Å². The molecule has 1 amide bonds. The number of carbonyl (C=O) groups is 1. The Bertz CT molecular complexity index is 721. The molecule has 22 heavy (non-hydrogen) atoms.